The highest BCUT2D eigenvalue weighted by atomic mass is 16.7. The standard InChI is InChI=1S/C14H21NO9/c1-6(16)20-5-10-11(21-7(2)17)12(22-8(3)18)13(14(15)24-10)23-9(4)19/h10-14H,5,15H2,1-4H3/t10-,11?,12+,13-,14?/m1/s1. The van der Waals surface area contributed by atoms with E-state index < -0.39 is 54.5 Å². The van der Waals surface area contributed by atoms with Gasteiger partial charge in [0.2, 0.25) is 0 Å². The predicted molar refractivity (Wildman–Crippen MR) is 76.1 cm³/mol. The summed E-state index contributed by atoms with van der Waals surface area (Å²) in [5, 5.41) is 0. The molecule has 10 nitrogen and oxygen atoms in total. The Morgan fingerprint density at radius 2 is 1.25 bits per heavy atom. The summed E-state index contributed by atoms with van der Waals surface area (Å²) in [6.45, 7) is 4.32. The Balaban J connectivity index is 3.11. The molecule has 136 valence electrons. The summed E-state index contributed by atoms with van der Waals surface area (Å²) in [6, 6.07) is 0. The van der Waals surface area contributed by atoms with Crippen LogP contribution in [0.25, 0.3) is 0 Å². The molecule has 0 radical (unpaired) electrons. The lowest BCUT2D eigenvalue weighted by Crippen LogP contribution is -2.64. The van der Waals surface area contributed by atoms with E-state index in [0.29, 0.717) is 0 Å². The summed E-state index contributed by atoms with van der Waals surface area (Å²) < 4.78 is 25.6. The molecule has 1 heterocycles. The number of ether oxygens (including phenoxy) is 5. The third-order valence-electron chi connectivity index (χ3n) is 3.03. The van der Waals surface area contributed by atoms with Crippen molar-refractivity contribution in [2.45, 2.75) is 58.3 Å². The predicted octanol–water partition coefficient (Wildman–Crippen LogP) is -0.972. The Bertz CT molecular complexity index is 506. The Morgan fingerprint density at radius 1 is 0.792 bits per heavy atom. The largest absolute Gasteiger partial charge is 0.463 e. The van der Waals surface area contributed by atoms with Gasteiger partial charge in [-0.1, -0.05) is 0 Å². The van der Waals surface area contributed by atoms with Crippen molar-refractivity contribution in [3.63, 3.8) is 0 Å². The molecule has 24 heavy (non-hydrogen) atoms. The van der Waals surface area contributed by atoms with Crippen molar-refractivity contribution in [2.75, 3.05) is 6.61 Å². The number of nitrogens with two attached hydrogens (primary N) is 1. The smallest absolute Gasteiger partial charge is 0.303 e. The zero-order valence-corrected chi connectivity index (χ0v) is 13.8. The van der Waals surface area contributed by atoms with Gasteiger partial charge in [0.25, 0.3) is 0 Å². The van der Waals surface area contributed by atoms with E-state index in [2.05, 4.69) is 0 Å². The van der Waals surface area contributed by atoms with Gasteiger partial charge in [-0.25, -0.2) is 0 Å². The normalized spacial score (nSPS) is 29.3. The molecule has 10 heteroatoms. The first-order valence-electron chi connectivity index (χ1n) is 7.18. The molecule has 2 N–H and O–H groups in total. The van der Waals surface area contributed by atoms with Gasteiger partial charge in [-0.2, -0.15) is 0 Å². The van der Waals surface area contributed by atoms with Crippen LogP contribution in [0.15, 0.2) is 0 Å². The van der Waals surface area contributed by atoms with Crippen molar-refractivity contribution in [3.05, 3.63) is 0 Å². The van der Waals surface area contributed by atoms with Crippen LogP contribution in [0, 0.1) is 0 Å². The minimum absolute atomic E-state index is 0.286. The van der Waals surface area contributed by atoms with Gasteiger partial charge in [0, 0.05) is 27.7 Å². The number of rotatable bonds is 5. The molecule has 2 unspecified atom stereocenters. The highest BCUT2D eigenvalue weighted by molar-refractivity contribution is 5.68. The summed E-state index contributed by atoms with van der Waals surface area (Å²) in [5.74, 6) is -2.66. The molecule has 0 aromatic heterocycles. The van der Waals surface area contributed by atoms with Crippen LogP contribution < -0.4 is 5.73 Å². The van der Waals surface area contributed by atoms with E-state index >= 15 is 0 Å². The molecule has 0 spiro atoms. The van der Waals surface area contributed by atoms with E-state index in [1.807, 2.05) is 0 Å². The van der Waals surface area contributed by atoms with E-state index in [9.17, 15) is 19.2 Å². The Morgan fingerprint density at radius 3 is 1.71 bits per heavy atom. The summed E-state index contributed by atoms with van der Waals surface area (Å²) in [4.78, 5) is 45.0. The Kier molecular flexibility index (Phi) is 7.11. The second kappa shape index (κ2) is 8.60. The fraction of sp³-hybridized carbons (Fsp3) is 0.714. The van der Waals surface area contributed by atoms with Gasteiger partial charge >= 0.3 is 23.9 Å². The molecule has 0 saturated carbocycles. The third-order valence-corrected chi connectivity index (χ3v) is 3.03. The highest BCUT2D eigenvalue weighted by Gasteiger charge is 2.51. The van der Waals surface area contributed by atoms with Crippen LogP contribution in [0.3, 0.4) is 0 Å². The fourth-order valence-electron chi connectivity index (χ4n) is 2.26. The summed E-state index contributed by atoms with van der Waals surface area (Å²) in [6.07, 6.45) is -5.74. The molecule has 1 saturated heterocycles. The minimum Gasteiger partial charge on any atom is -0.463 e. The maximum absolute atomic E-state index is 11.4. The second-order valence-corrected chi connectivity index (χ2v) is 5.16. The monoisotopic (exact) mass is 347 g/mol. The molecule has 0 aliphatic carbocycles. The zero-order chi connectivity index (χ0) is 18.4. The highest BCUT2D eigenvalue weighted by Crippen LogP contribution is 2.27. The molecule has 0 aromatic carbocycles. The van der Waals surface area contributed by atoms with Crippen molar-refractivity contribution in [1.29, 1.82) is 0 Å². The number of carbonyl (C=O) groups excluding carboxylic acids is 4. The van der Waals surface area contributed by atoms with Gasteiger partial charge in [-0.05, 0) is 0 Å². The first-order chi connectivity index (χ1) is 11.1. The van der Waals surface area contributed by atoms with E-state index in [0.717, 1.165) is 20.8 Å². The van der Waals surface area contributed by atoms with Crippen LogP contribution in [0.4, 0.5) is 0 Å². The van der Waals surface area contributed by atoms with Gasteiger partial charge in [0.05, 0.1) is 0 Å². The average molecular weight is 347 g/mol. The van der Waals surface area contributed by atoms with Crippen LogP contribution in [-0.2, 0) is 42.9 Å². The zero-order valence-electron chi connectivity index (χ0n) is 13.8. The number of hydrogen-bond acceptors (Lipinski definition) is 10. The topological polar surface area (TPSA) is 140 Å². The van der Waals surface area contributed by atoms with Gasteiger partial charge in [0.1, 0.15) is 18.9 Å². The van der Waals surface area contributed by atoms with E-state index in [-0.39, 0.29) is 6.61 Å². The average Bonchev–Trinajstić information content (AvgIpc) is 2.42. The molecule has 0 bridgehead atoms. The van der Waals surface area contributed by atoms with Crippen molar-refractivity contribution in [3.8, 4) is 0 Å². The van der Waals surface area contributed by atoms with Gasteiger partial charge < -0.3 is 29.4 Å². The molecular formula is C14H21NO9. The van der Waals surface area contributed by atoms with Crippen LogP contribution in [0.5, 0.6) is 0 Å². The Hall–Kier alpha value is -2.20. The number of esters is 4. The summed E-state index contributed by atoms with van der Waals surface area (Å²) in [5.41, 5.74) is 5.81. The molecule has 5 atom stereocenters. The van der Waals surface area contributed by atoms with Crippen LogP contribution in [-0.4, -0.2) is 61.1 Å². The molecule has 1 rings (SSSR count). The maximum Gasteiger partial charge on any atom is 0.303 e. The van der Waals surface area contributed by atoms with Crippen molar-refractivity contribution in [1.82, 2.24) is 0 Å². The van der Waals surface area contributed by atoms with Crippen LogP contribution >= 0.6 is 0 Å². The molecular weight excluding hydrogens is 326 g/mol. The van der Waals surface area contributed by atoms with Gasteiger partial charge in [0.15, 0.2) is 18.3 Å². The van der Waals surface area contributed by atoms with Crippen molar-refractivity contribution >= 4 is 23.9 Å². The van der Waals surface area contributed by atoms with E-state index in [1.165, 1.54) is 6.92 Å². The minimum atomic E-state index is -1.21. The Labute approximate surface area is 138 Å². The molecule has 1 fully saturated rings. The van der Waals surface area contributed by atoms with E-state index in [1.54, 1.807) is 0 Å². The first-order valence-corrected chi connectivity index (χ1v) is 7.18. The number of hydrogen-bond donors (Lipinski definition) is 1. The SMILES string of the molecule is CC(=O)OC[C@H]1OC(N)[C@H](OC(C)=O)[C@@H](OC(C)=O)C1OC(C)=O. The molecule has 1 aliphatic rings. The van der Waals surface area contributed by atoms with Gasteiger partial charge in [-0.3, -0.25) is 19.2 Å². The van der Waals surface area contributed by atoms with Crippen molar-refractivity contribution in [2.24, 2.45) is 5.73 Å². The lowest BCUT2D eigenvalue weighted by atomic mass is 9.97. The first kappa shape index (κ1) is 19.8. The number of carbonyl (C=O) groups is 4. The molecule has 0 aromatic rings. The second-order valence-electron chi connectivity index (χ2n) is 5.16. The maximum atomic E-state index is 11.4. The van der Waals surface area contributed by atoms with Crippen LogP contribution in [0.2, 0.25) is 0 Å². The van der Waals surface area contributed by atoms with Crippen LogP contribution in [0.1, 0.15) is 27.7 Å². The fourth-order valence-corrected chi connectivity index (χ4v) is 2.26. The summed E-state index contributed by atoms with van der Waals surface area (Å²) >= 11 is 0. The van der Waals surface area contributed by atoms with Crippen molar-refractivity contribution < 1.29 is 42.9 Å². The quantitative estimate of drug-likeness (QED) is 0.487. The third kappa shape index (κ3) is 5.78. The van der Waals surface area contributed by atoms with Gasteiger partial charge in [-0.15, -0.1) is 0 Å². The lowest BCUT2D eigenvalue weighted by molar-refractivity contribution is -0.251. The lowest BCUT2D eigenvalue weighted by Gasteiger charge is -2.43. The summed E-state index contributed by atoms with van der Waals surface area (Å²) in [7, 11) is 0. The van der Waals surface area contributed by atoms with E-state index in [4.69, 9.17) is 29.4 Å². The molecule has 1 aliphatic heterocycles. The molecule has 0 amide bonds.